The summed E-state index contributed by atoms with van der Waals surface area (Å²) in [5.74, 6) is -1.76. The van der Waals surface area contributed by atoms with Crippen LogP contribution in [0.1, 0.15) is 56.3 Å². The van der Waals surface area contributed by atoms with E-state index >= 15 is 0 Å². The fourth-order valence-corrected chi connectivity index (χ4v) is 2.12. The van der Waals surface area contributed by atoms with Gasteiger partial charge in [-0.05, 0) is 12.3 Å². The van der Waals surface area contributed by atoms with E-state index in [1.54, 1.807) is 30.3 Å². The molecule has 0 heterocycles. The summed E-state index contributed by atoms with van der Waals surface area (Å²) in [6.45, 7) is 4.40. The summed E-state index contributed by atoms with van der Waals surface area (Å²) in [5, 5.41) is 0. The molecule has 0 aliphatic rings. The van der Waals surface area contributed by atoms with Crippen LogP contribution in [0.3, 0.4) is 0 Å². The average molecular weight is 304 g/mol. The molecule has 1 unspecified atom stereocenters. The lowest BCUT2D eigenvalue weighted by Crippen LogP contribution is -2.23. The summed E-state index contributed by atoms with van der Waals surface area (Å²) in [6, 6.07) is 8.47. The third-order valence-corrected chi connectivity index (χ3v) is 3.64. The van der Waals surface area contributed by atoms with Crippen molar-refractivity contribution < 1.29 is 19.1 Å². The predicted octanol–water partition coefficient (Wildman–Crippen LogP) is 3.59. The molecule has 0 spiro atoms. The number of carbonyl (C=O) groups excluding carboxylic acids is 3. The SMILES string of the molecule is CCCCC(CC)COC(=O)C(=O)CC(=O)c1ccccc1. The van der Waals surface area contributed by atoms with Gasteiger partial charge in [0, 0.05) is 5.56 Å². The molecule has 0 aliphatic carbocycles. The van der Waals surface area contributed by atoms with E-state index in [0.717, 1.165) is 25.7 Å². The van der Waals surface area contributed by atoms with Crippen molar-refractivity contribution in [2.45, 2.75) is 46.0 Å². The van der Waals surface area contributed by atoms with Crippen molar-refractivity contribution in [1.29, 1.82) is 0 Å². The van der Waals surface area contributed by atoms with E-state index < -0.39 is 18.2 Å². The Morgan fingerprint density at radius 2 is 1.77 bits per heavy atom. The van der Waals surface area contributed by atoms with Crippen LogP contribution in [0.25, 0.3) is 0 Å². The Labute approximate surface area is 131 Å². The number of Topliss-reactive ketones (excluding diaryl/α,β-unsaturated/α-hetero) is 2. The highest BCUT2D eigenvalue weighted by Gasteiger charge is 2.21. The number of carbonyl (C=O) groups is 3. The largest absolute Gasteiger partial charge is 0.460 e. The minimum Gasteiger partial charge on any atom is -0.460 e. The summed E-state index contributed by atoms with van der Waals surface area (Å²) in [4.78, 5) is 35.3. The number of rotatable bonds is 10. The van der Waals surface area contributed by atoms with Crippen LogP contribution in [-0.2, 0) is 14.3 Å². The first-order valence-corrected chi connectivity index (χ1v) is 7.86. The first-order chi connectivity index (χ1) is 10.6. The van der Waals surface area contributed by atoms with Gasteiger partial charge in [0.2, 0.25) is 5.78 Å². The molecular formula is C18H24O4. The molecule has 1 atom stereocenters. The smallest absolute Gasteiger partial charge is 0.375 e. The minimum absolute atomic E-state index is 0.251. The number of ether oxygens (including phenoxy) is 1. The normalized spacial score (nSPS) is 11.7. The Morgan fingerprint density at radius 3 is 2.36 bits per heavy atom. The van der Waals surface area contributed by atoms with Gasteiger partial charge in [-0.2, -0.15) is 0 Å². The minimum atomic E-state index is -0.903. The molecule has 120 valence electrons. The van der Waals surface area contributed by atoms with E-state index in [-0.39, 0.29) is 18.3 Å². The Morgan fingerprint density at radius 1 is 1.09 bits per heavy atom. The third-order valence-electron chi connectivity index (χ3n) is 3.64. The maximum absolute atomic E-state index is 11.9. The molecule has 0 aromatic heterocycles. The Kier molecular flexibility index (Phi) is 8.11. The summed E-state index contributed by atoms with van der Waals surface area (Å²) in [7, 11) is 0. The quantitative estimate of drug-likeness (QED) is 0.287. The number of unbranched alkanes of at least 4 members (excludes halogenated alkanes) is 1. The van der Waals surface area contributed by atoms with Crippen LogP contribution >= 0.6 is 0 Å². The van der Waals surface area contributed by atoms with E-state index in [9.17, 15) is 14.4 Å². The zero-order valence-electron chi connectivity index (χ0n) is 13.3. The van der Waals surface area contributed by atoms with Crippen molar-refractivity contribution >= 4 is 17.5 Å². The molecule has 0 aliphatic heterocycles. The summed E-state index contributed by atoms with van der Waals surface area (Å²) >= 11 is 0. The van der Waals surface area contributed by atoms with Crippen LogP contribution < -0.4 is 0 Å². The lowest BCUT2D eigenvalue weighted by atomic mass is 10.0. The van der Waals surface area contributed by atoms with Gasteiger partial charge >= 0.3 is 5.97 Å². The van der Waals surface area contributed by atoms with Crippen molar-refractivity contribution in [3.63, 3.8) is 0 Å². The highest BCUT2D eigenvalue weighted by Crippen LogP contribution is 2.13. The van der Waals surface area contributed by atoms with Gasteiger partial charge in [-0.3, -0.25) is 9.59 Å². The topological polar surface area (TPSA) is 60.4 Å². The molecule has 0 radical (unpaired) electrons. The first-order valence-electron chi connectivity index (χ1n) is 7.86. The van der Waals surface area contributed by atoms with Crippen molar-refractivity contribution in [3.8, 4) is 0 Å². The Bertz CT molecular complexity index is 493. The van der Waals surface area contributed by atoms with Crippen LogP contribution in [-0.4, -0.2) is 24.1 Å². The molecular weight excluding hydrogens is 280 g/mol. The third kappa shape index (κ3) is 6.20. The van der Waals surface area contributed by atoms with Gasteiger partial charge in [0.05, 0.1) is 13.0 Å². The van der Waals surface area contributed by atoms with Gasteiger partial charge < -0.3 is 4.74 Å². The number of benzene rings is 1. The molecule has 1 aromatic rings. The van der Waals surface area contributed by atoms with Crippen LogP contribution in [0.15, 0.2) is 30.3 Å². The average Bonchev–Trinajstić information content (AvgIpc) is 2.55. The fourth-order valence-electron chi connectivity index (χ4n) is 2.12. The van der Waals surface area contributed by atoms with Gasteiger partial charge in [0.25, 0.3) is 0 Å². The lowest BCUT2D eigenvalue weighted by Gasteiger charge is -2.14. The van der Waals surface area contributed by atoms with Gasteiger partial charge in [0.15, 0.2) is 5.78 Å². The molecule has 22 heavy (non-hydrogen) atoms. The standard InChI is InChI=1S/C18H24O4/c1-3-5-9-14(4-2)13-22-18(21)17(20)12-16(19)15-10-7-6-8-11-15/h6-8,10-11,14H,3-5,9,12-13H2,1-2H3. The van der Waals surface area contributed by atoms with Crippen LogP contribution in [0, 0.1) is 5.92 Å². The second-order valence-corrected chi connectivity index (χ2v) is 5.40. The molecule has 0 saturated carbocycles. The number of esters is 1. The Balaban J connectivity index is 2.42. The molecule has 0 amide bonds. The van der Waals surface area contributed by atoms with Crippen LogP contribution in [0.5, 0.6) is 0 Å². The van der Waals surface area contributed by atoms with Gasteiger partial charge in [-0.25, -0.2) is 4.79 Å². The molecule has 1 rings (SSSR count). The first kappa shape index (κ1) is 18.1. The number of ketones is 2. The van der Waals surface area contributed by atoms with Crippen molar-refractivity contribution in [3.05, 3.63) is 35.9 Å². The molecule has 0 fully saturated rings. The monoisotopic (exact) mass is 304 g/mol. The Hall–Kier alpha value is -1.97. The maximum atomic E-state index is 11.9. The molecule has 0 saturated heterocycles. The number of hydrogen-bond acceptors (Lipinski definition) is 4. The van der Waals surface area contributed by atoms with E-state index in [1.807, 2.05) is 6.92 Å². The molecule has 4 heteroatoms. The van der Waals surface area contributed by atoms with Gasteiger partial charge in [0.1, 0.15) is 0 Å². The summed E-state index contributed by atoms with van der Waals surface area (Å²) in [6.07, 6.45) is 3.63. The predicted molar refractivity (Wildman–Crippen MR) is 84.7 cm³/mol. The van der Waals surface area contributed by atoms with Crippen molar-refractivity contribution in [2.24, 2.45) is 5.92 Å². The zero-order valence-corrected chi connectivity index (χ0v) is 13.3. The molecule has 0 N–H and O–H groups in total. The highest BCUT2D eigenvalue weighted by atomic mass is 16.5. The van der Waals surface area contributed by atoms with Gasteiger partial charge in [-0.1, -0.05) is 63.4 Å². The van der Waals surface area contributed by atoms with E-state index in [2.05, 4.69) is 6.92 Å². The maximum Gasteiger partial charge on any atom is 0.375 e. The van der Waals surface area contributed by atoms with Crippen LogP contribution in [0.4, 0.5) is 0 Å². The fraction of sp³-hybridized carbons (Fsp3) is 0.500. The van der Waals surface area contributed by atoms with E-state index in [4.69, 9.17) is 4.74 Å². The molecule has 0 bridgehead atoms. The highest BCUT2D eigenvalue weighted by molar-refractivity contribution is 6.38. The summed E-state index contributed by atoms with van der Waals surface area (Å²) in [5.41, 5.74) is 0.429. The molecule has 4 nitrogen and oxygen atoms in total. The number of hydrogen-bond donors (Lipinski definition) is 0. The van der Waals surface area contributed by atoms with E-state index in [1.165, 1.54) is 0 Å². The van der Waals surface area contributed by atoms with Crippen molar-refractivity contribution in [1.82, 2.24) is 0 Å². The molecule has 1 aromatic carbocycles. The van der Waals surface area contributed by atoms with Crippen molar-refractivity contribution in [2.75, 3.05) is 6.61 Å². The second kappa shape index (κ2) is 9.87. The second-order valence-electron chi connectivity index (χ2n) is 5.40. The van der Waals surface area contributed by atoms with E-state index in [0.29, 0.717) is 5.56 Å². The summed E-state index contributed by atoms with van der Waals surface area (Å²) < 4.78 is 5.05. The zero-order chi connectivity index (χ0) is 16.4. The van der Waals surface area contributed by atoms with Crippen LogP contribution in [0.2, 0.25) is 0 Å². The lowest BCUT2D eigenvalue weighted by molar-refractivity contribution is -0.154. The van der Waals surface area contributed by atoms with Gasteiger partial charge in [-0.15, -0.1) is 0 Å².